The Bertz CT molecular complexity index is 1240. The molecular formula is C26H27N3O2S. The second-order valence-corrected chi connectivity index (χ2v) is 9.33. The third-order valence-electron chi connectivity index (χ3n) is 5.40. The molecule has 1 amide bonds. The van der Waals surface area contributed by atoms with Gasteiger partial charge in [-0.25, -0.2) is 0 Å². The minimum absolute atomic E-state index is 0.0563. The van der Waals surface area contributed by atoms with Gasteiger partial charge in [0.25, 0.3) is 0 Å². The number of thiophene rings is 1. The lowest BCUT2D eigenvalue weighted by atomic mass is 9.98. The molecule has 1 atom stereocenters. The van der Waals surface area contributed by atoms with Crippen molar-refractivity contribution in [1.29, 1.82) is 0 Å². The molecule has 6 heteroatoms. The van der Waals surface area contributed by atoms with Gasteiger partial charge in [0.05, 0.1) is 24.3 Å². The molecule has 2 heterocycles. The first-order chi connectivity index (χ1) is 15.5. The van der Waals surface area contributed by atoms with Gasteiger partial charge in [-0.05, 0) is 47.0 Å². The molecule has 5 nitrogen and oxygen atoms in total. The summed E-state index contributed by atoms with van der Waals surface area (Å²) >= 11 is 1.63. The number of hydrogen-bond acceptors (Lipinski definition) is 4. The van der Waals surface area contributed by atoms with Crippen LogP contribution in [0.3, 0.4) is 0 Å². The normalized spacial score (nSPS) is 12.2. The molecule has 0 fully saturated rings. The lowest BCUT2D eigenvalue weighted by Crippen LogP contribution is -2.30. The molecule has 164 valence electrons. The van der Waals surface area contributed by atoms with Crippen LogP contribution in [0.4, 0.5) is 0 Å². The highest BCUT2D eigenvalue weighted by molar-refractivity contribution is 7.10. The molecule has 0 aliphatic heterocycles. The van der Waals surface area contributed by atoms with Crippen LogP contribution in [-0.4, -0.2) is 15.7 Å². The highest BCUT2D eigenvalue weighted by Crippen LogP contribution is 2.27. The van der Waals surface area contributed by atoms with Crippen molar-refractivity contribution in [2.45, 2.75) is 39.3 Å². The Morgan fingerprint density at radius 1 is 1.06 bits per heavy atom. The summed E-state index contributed by atoms with van der Waals surface area (Å²) in [5.41, 5.74) is 3.00. The van der Waals surface area contributed by atoms with Crippen molar-refractivity contribution in [3.05, 3.63) is 98.5 Å². The third-order valence-corrected chi connectivity index (χ3v) is 6.34. The monoisotopic (exact) mass is 445 g/mol. The molecule has 0 saturated carbocycles. The number of carbonyl (C=O) groups excluding carboxylic acids is 1. The van der Waals surface area contributed by atoms with Crippen LogP contribution in [0.5, 0.6) is 0 Å². The fraction of sp³-hybridized carbons (Fsp3) is 0.269. The highest BCUT2D eigenvalue weighted by atomic mass is 32.1. The Kier molecular flexibility index (Phi) is 6.81. The second-order valence-electron chi connectivity index (χ2n) is 8.35. The first-order valence-corrected chi connectivity index (χ1v) is 11.8. The van der Waals surface area contributed by atoms with Gasteiger partial charge in [0.2, 0.25) is 11.3 Å². The molecule has 2 aromatic heterocycles. The molecule has 32 heavy (non-hydrogen) atoms. The van der Waals surface area contributed by atoms with E-state index in [1.54, 1.807) is 22.1 Å². The predicted molar refractivity (Wildman–Crippen MR) is 130 cm³/mol. The van der Waals surface area contributed by atoms with Crippen LogP contribution in [0.1, 0.15) is 42.3 Å². The van der Waals surface area contributed by atoms with Crippen LogP contribution in [0.25, 0.3) is 10.9 Å². The number of fused-ring (bicyclic) bond motifs is 1. The summed E-state index contributed by atoms with van der Waals surface area (Å²) in [4.78, 5) is 26.0. The molecule has 2 aromatic carbocycles. The van der Waals surface area contributed by atoms with Crippen LogP contribution in [0.15, 0.2) is 77.0 Å². The zero-order valence-corrected chi connectivity index (χ0v) is 19.1. The number of aromatic nitrogens is 2. The maximum absolute atomic E-state index is 12.9. The number of benzene rings is 2. The van der Waals surface area contributed by atoms with E-state index in [9.17, 15) is 9.59 Å². The van der Waals surface area contributed by atoms with Gasteiger partial charge in [-0.3, -0.25) is 14.3 Å². The fourth-order valence-corrected chi connectivity index (χ4v) is 4.67. The van der Waals surface area contributed by atoms with Crippen molar-refractivity contribution < 1.29 is 4.79 Å². The fourth-order valence-electron chi connectivity index (χ4n) is 3.87. The van der Waals surface area contributed by atoms with Crippen LogP contribution in [0.2, 0.25) is 0 Å². The van der Waals surface area contributed by atoms with Gasteiger partial charge >= 0.3 is 0 Å². The molecular weight excluding hydrogens is 418 g/mol. The molecule has 0 bridgehead atoms. The number of rotatable bonds is 8. The van der Waals surface area contributed by atoms with E-state index in [4.69, 9.17) is 0 Å². The smallest absolute Gasteiger partial charge is 0.222 e. The van der Waals surface area contributed by atoms with Gasteiger partial charge in [-0.15, -0.1) is 11.3 Å². The lowest BCUT2D eigenvalue weighted by Gasteiger charge is -2.19. The highest BCUT2D eigenvalue weighted by Gasteiger charge is 2.18. The second kappa shape index (κ2) is 9.92. The summed E-state index contributed by atoms with van der Waals surface area (Å²) in [5, 5.41) is 10.1. The van der Waals surface area contributed by atoms with Crippen molar-refractivity contribution in [1.82, 2.24) is 15.1 Å². The first kappa shape index (κ1) is 22.0. The molecule has 4 aromatic rings. The van der Waals surface area contributed by atoms with E-state index in [-0.39, 0.29) is 23.8 Å². The van der Waals surface area contributed by atoms with Crippen molar-refractivity contribution in [2.75, 3.05) is 0 Å². The average Bonchev–Trinajstić information content (AvgIpc) is 3.32. The summed E-state index contributed by atoms with van der Waals surface area (Å²) in [6.07, 6.45) is 2.62. The molecule has 0 spiro atoms. The van der Waals surface area contributed by atoms with Gasteiger partial charge in [-0.1, -0.05) is 56.3 Å². The third kappa shape index (κ3) is 5.14. The Balaban J connectivity index is 1.49. The van der Waals surface area contributed by atoms with Gasteiger partial charge in [0.1, 0.15) is 0 Å². The van der Waals surface area contributed by atoms with E-state index >= 15 is 0 Å². The molecule has 1 unspecified atom stereocenters. The summed E-state index contributed by atoms with van der Waals surface area (Å²) in [6, 6.07) is 19.7. The average molecular weight is 446 g/mol. The number of para-hydroxylation sites is 1. The van der Waals surface area contributed by atoms with E-state index in [1.807, 2.05) is 29.6 Å². The SMILES string of the molecule is CC(C)Cc1ccc(C(NC(=O)CCn2ncc(=O)c3ccccc32)c2cccs2)cc1. The van der Waals surface area contributed by atoms with Crippen LogP contribution in [-0.2, 0) is 17.8 Å². The summed E-state index contributed by atoms with van der Waals surface area (Å²) in [6.45, 7) is 4.82. The van der Waals surface area contributed by atoms with Gasteiger partial charge < -0.3 is 5.32 Å². The number of hydrogen-bond donors (Lipinski definition) is 1. The molecule has 1 N–H and O–H groups in total. The quantitative estimate of drug-likeness (QED) is 0.417. The number of aryl methyl sites for hydroxylation is 1. The van der Waals surface area contributed by atoms with Gasteiger partial charge in [-0.2, -0.15) is 5.10 Å². The van der Waals surface area contributed by atoms with E-state index < -0.39 is 0 Å². The van der Waals surface area contributed by atoms with E-state index in [0.717, 1.165) is 22.4 Å². The van der Waals surface area contributed by atoms with Crippen LogP contribution < -0.4 is 10.7 Å². The summed E-state index contributed by atoms with van der Waals surface area (Å²) in [5.74, 6) is 0.547. The predicted octanol–water partition coefficient (Wildman–Crippen LogP) is 4.95. The van der Waals surface area contributed by atoms with Crippen LogP contribution >= 0.6 is 11.3 Å². The van der Waals surface area contributed by atoms with E-state index in [1.165, 1.54) is 11.8 Å². The zero-order valence-electron chi connectivity index (χ0n) is 18.3. The van der Waals surface area contributed by atoms with E-state index in [0.29, 0.717) is 17.8 Å². The van der Waals surface area contributed by atoms with Gasteiger partial charge in [0, 0.05) is 16.7 Å². The zero-order chi connectivity index (χ0) is 22.5. The Hall–Kier alpha value is -3.25. The maximum Gasteiger partial charge on any atom is 0.222 e. The Labute approximate surface area is 191 Å². The van der Waals surface area contributed by atoms with Crippen molar-refractivity contribution >= 4 is 28.1 Å². The number of carbonyl (C=O) groups is 1. The van der Waals surface area contributed by atoms with Gasteiger partial charge in [0.15, 0.2) is 0 Å². The number of amides is 1. The van der Waals surface area contributed by atoms with Crippen molar-refractivity contribution in [3.8, 4) is 0 Å². The molecule has 0 aliphatic rings. The van der Waals surface area contributed by atoms with Crippen LogP contribution in [0, 0.1) is 5.92 Å². The minimum Gasteiger partial charge on any atom is -0.344 e. The van der Waals surface area contributed by atoms with E-state index in [2.05, 4.69) is 54.6 Å². The molecule has 4 rings (SSSR count). The molecule has 0 aliphatic carbocycles. The first-order valence-electron chi connectivity index (χ1n) is 10.9. The van der Waals surface area contributed by atoms with Crippen molar-refractivity contribution in [2.24, 2.45) is 5.92 Å². The minimum atomic E-state index is -0.186. The van der Waals surface area contributed by atoms with Crippen molar-refractivity contribution in [3.63, 3.8) is 0 Å². The molecule has 0 radical (unpaired) electrons. The summed E-state index contributed by atoms with van der Waals surface area (Å²) in [7, 11) is 0. The Morgan fingerprint density at radius 2 is 1.84 bits per heavy atom. The molecule has 0 saturated heterocycles. The maximum atomic E-state index is 12.9. The standard InChI is InChI=1S/C26H27N3O2S/c1-18(2)16-19-9-11-20(12-10-19)26(24-8-5-15-32-24)28-25(31)13-14-29-22-7-4-3-6-21(22)23(30)17-27-29/h3-12,15,17-18,26H,13-14,16H2,1-2H3,(H,28,31). The largest absolute Gasteiger partial charge is 0.344 e. The number of nitrogens with one attached hydrogen (secondary N) is 1. The Morgan fingerprint density at radius 3 is 2.56 bits per heavy atom. The topological polar surface area (TPSA) is 64.0 Å². The number of nitrogens with zero attached hydrogens (tertiary/aromatic N) is 2. The lowest BCUT2D eigenvalue weighted by molar-refractivity contribution is -0.121. The summed E-state index contributed by atoms with van der Waals surface area (Å²) < 4.78 is 1.72.